The van der Waals surface area contributed by atoms with Crippen molar-refractivity contribution >= 4 is 5.91 Å². The van der Waals surface area contributed by atoms with Gasteiger partial charge < -0.3 is 4.90 Å². The molecule has 146 valence electrons. The van der Waals surface area contributed by atoms with Gasteiger partial charge in [-0.25, -0.2) is 9.97 Å². The second-order valence-electron chi connectivity index (χ2n) is 8.74. The van der Waals surface area contributed by atoms with Crippen molar-refractivity contribution in [3.05, 3.63) is 29.8 Å². The first-order chi connectivity index (χ1) is 12.7. The molecule has 1 aliphatic heterocycles. The van der Waals surface area contributed by atoms with Gasteiger partial charge in [0.1, 0.15) is 5.82 Å². The summed E-state index contributed by atoms with van der Waals surface area (Å²) in [6.45, 7) is 12.9. The predicted octanol–water partition coefficient (Wildman–Crippen LogP) is 4.33. The Balaban J connectivity index is 2.02. The number of aromatic nitrogens is 4. The van der Waals surface area contributed by atoms with Crippen LogP contribution < -0.4 is 0 Å². The van der Waals surface area contributed by atoms with Gasteiger partial charge in [0.2, 0.25) is 5.91 Å². The lowest BCUT2D eigenvalue weighted by Crippen LogP contribution is -2.44. The molecule has 3 heterocycles. The van der Waals surface area contributed by atoms with E-state index in [0.29, 0.717) is 0 Å². The molecule has 1 amide bonds. The average Bonchev–Trinajstić information content (AvgIpc) is 3.10. The second-order valence-corrected chi connectivity index (χ2v) is 8.74. The molecule has 1 aliphatic rings. The normalized spacial score (nSPS) is 18.2. The highest BCUT2D eigenvalue weighted by Crippen LogP contribution is 2.34. The number of carbonyl (C=O) groups excluding carboxylic acids is 1. The summed E-state index contributed by atoms with van der Waals surface area (Å²) in [7, 11) is 0. The molecule has 1 unspecified atom stereocenters. The zero-order valence-corrected chi connectivity index (χ0v) is 17.4. The molecule has 1 atom stereocenters. The van der Waals surface area contributed by atoms with Crippen molar-refractivity contribution in [2.75, 3.05) is 6.54 Å². The molecule has 6 heteroatoms. The van der Waals surface area contributed by atoms with Gasteiger partial charge in [-0.2, -0.15) is 5.10 Å². The molecule has 0 aliphatic carbocycles. The van der Waals surface area contributed by atoms with Gasteiger partial charge in [-0.05, 0) is 52.2 Å². The fraction of sp³-hybridized carbons (Fsp3) is 0.619. The molecule has 2 aromatic rings. The summed E-state index contributed by atoms with van der Waals surface area (Å²) in [5, 5.41) is 4.43. The Morgan fingerprint density at radius 1 is 1.22 bits per heavy atom. The lowest BCUT2D eigenvalue weighted by Gasteiger charge is -2.39. The van der Waals surface area contributed by atoms with Gasteiger partial charge >= 0.3 is 0 Å². The fourth-order valence-corrected chi connectivity index (χ4v) is 3.73. The number of carbonyl (C=O) groups is 1. The maximum absolute atomic E-state index is 13.0. The maximum atomic E-state index is 13.0. The molecule has 0 bridgehead atoms. The summed E-state index contributed by atoms with van der Waals surface area (Å²) >= 11 is 0. The summed E-state index contributed by atoms with van der Waals surface area (Å²) in [5.41, 5.74) is 2.40. The molecule has 0 spiro atoms. The first kappa shape index (κ1) is 19.5. The van der Waals surface area contributed by atoms with Crippen LogP contribution in [0.1, 0.15) is 77.5 Å². The van der Waals surface area contributed by atoms with E-state index in [9.17, 15) is 4.79 Å². The number of likely N-dealkylation sites (tertiary alicyclic amines) is 1. The van der Waals surface area contributed by atoms with E-state index in [2.05, 4.69) is 23.9 Å². The van der Waals surface area contributed by atoms with Gasteiger partial charge in [-0.15, -0.1) is 0 Å². The SMILES string of the molecule is Cc1nc(-c2ccnn2C(C)C)cc(C2CCCCN2C(=O)C(C)(C)C)n1. The second kappa shape index (κ2) is 7.41. The third-order valence-corrected chi connectivity index (χ3v) is 5.03. The van der Waals surface area contributed by atoms with Crippen molar-refractivity contribution in [3.63, 3.8) is 0 Å². The monoisotopic (exact) mass is 369 g/mol. The van der Waals surface area contributed by atoms with E-state index in [0.717, 1.165) is 48.7 Å². The third-order valence-electron chi connectivity index (χ3n) is 5.03. The largest absolute Gasteiger partial charge is 0.334 e. The summed E-state index contributed by atoms with van der Waals surface area (Å²) in [6.07, 6.45) is 4.92. The number of hydrogen-bond donors (Lipinski definition) is 0. The first-order valence-corrected chi connectivity index (χ1v) is 9.89. The highest BCUT2D eigenvalue weighted by molar-refractivity contribution is 5.82. The molecule has 0 saturated carbocycles. The van der Waals surface area contributed by atoms with Crippen LogP contribution in [0.4, 0.5) is 0 Å². The zero-order valence-electron chi connectivity index (χ0n) is 17.4. The first-order valence-electron chi connectivity index (χ1n) is 9.89. The number of amides is 1. The molecular weight excluding hydrogens is 338 g/mol. The Morgan fingerprint density at radius 3 is 2.63 bits per heavy atom. The number of piperidine rings is 1. The third kappa shape index (κ3) is 4.04. The van der Waals surface area contributed by atoms with Crippen LogP contribution in [0.5, 0.6) is 0 Å². The molecule has 6 nitrogen and oxygen atoms in total. The lowest BCUT2D eigenvalue weighted by atomic mass is 9.90. The summed E-state index contributed by atoms with van der Waals surface area (Å²) < 4.78 is 1.98. The minimum Gasteiger partial charge on any atom is -0.334 e. The number of aryl methyl sites for hydroxylation is 1. The smallest absolute Gasteiger partial charge is 0.228 e. The van der Waals surface area contributed by atoms with Crippen LogP contribution in [0, 0.1) is 12.3 Å². The topological polar surface area (TPSA) is 63.9 Å². The van der Waals surface area contributed by atoms with Crippen LogP contribution in [0.2, 0.25) is 0 Å². The van der Waals surface area contributed by atoms with Gasteiger partial charge in [-0.1, -0.05) is 20.8 Å². The van der Waals surface area contributed by atoms with Gasteiger partial charge in [-0.3, -0.25) is 9.48 Å². The zero-order chi connectivity index (χ0) is 19.8. The summed E-state index contributed by atoms with van der Waals surface area (Å²) in [4.78, 5) is 24.4. The van der Waals surface area contributed by atoms with Crippen LogP contribution in [-0.4, -0.2) is 37.1 Å². The minimum atomic E-state index is -0.392. The van der Waals surface area contributed by atoms with Gasteiger partial charge in [0.15, 0.2) is 0 Å². The van der Waals surface area contributed by atoms with E-state index >= 15 is 0 Å². The van der Waals surface area contributed by atoms with Crippen LogP contribution >= 0.6 is 0 Å². The van der Waals surface area contributed by atoms with Crippen molar-refractivity contribution in [1.82, 2.24) is 24.6 Å². The van der Waals surface area contributed by atoms with Crippen molar-refractivity contribution in [2.24, 2.45) is 5.41 Å². The van der Waals surface area contributed by atoms with Crippen molar-refractivity contribution in [3.8, 4) is 11.4 Å². The fourth-order valence-electron chi connectivity index (χ4n) is 3.73. The van der Waals surface area contributed by atoms with E-state index in [1.165, 1.54) is 0 Å². The van der Waals surface area contributed by atoms with Gasteiger partial charge in [0.05, 0.1) is 23.1 Å². The molecular formula is C21H31N5O. The van der Waals surface area contributed by atoms with E-state index in [-0.39, 0.29) is 18.0 Å². The Kier molecular flexibility index (Phi) is 5.36. The van der Waals surface area contributed by atoms with E-state index in [4.69, 9.17) is 4.98 Å². The molecule has 2 aromatic heterocycles. The van der Waals surface area contributed by atoms with Crippen LogP contribution in [-0.2, 0) is 4.79 Å². The van der Waals surface area contributed by atoms with Crippen LogP contribution in [0.25, 0.3) is 11.4 Å². The number of hydrogen-bond acceptors (Lipinski definition) is 4. The average molecular weight is 370 g/mol. The Labute approximate surface area is 162 Å². The Morgan fingerprint density at radius 2 is 1.96 bits per heavy atom. The lowest BCUT2D eigenvalue weighted by molar-refractivity contribution is -0.143. The molecule has 1 saturated heterocycles. The van der Waals surface area contributed by atoms with E-state index < -0.39 is 5.41 Å². The van der Waals surface area contributed by atoms with E-state index in [1.54, 1.807) is 0 Å². The Hall–Kier alpha value is -2.24. The molecule has 1 fully saturated rings. The predicted molar refractivity (Wildman–Crippen MR) is 106 cm³/mol. The molecule has 3 rings (SSSR count). The van der Waals surface area contributed by atoms with Crippen LogP contribution in [0.15, 0.2) is 18.3 Å². The van der Waals surface area contributed by atoms with Crippen molar-refractivity contribution in [1.29, 1.82) is 0 Å². The molecule has 0 N–H and O–H groups in total. The highest BCUT2D eigenvalue weighted by atomic mass is 16.2. The van der Waals surface area contributed by atoms with Gasteiger partial charge in [0, 0.05) is 24.2 Å². The van der Waals surface area contributed by atoms with Gasteiger partial charge in [0.25, 0.3) is 0 Å². The summed E-state index contributed by atoms with van der Waals surface area (Å²) in [5.74, 6) is 0.921. The van der Waals surface area contributed by atoms with Crippen molar-refractivity contribution < 1.29 is 4.79 Å². The van der Waals surface area contributed by atoms with E-state index in [1.807, 2.05) is 55.6 Å². The van der Waals surface area contributed by atoms with Crippen molar-refractivity contribution in [2.45, 2.75) is 72.9 Å². The standard InChI is InChI=1S/C21H31N5O/c1-14(2)26-19(10-11-22-26)17-13-16(23-15(3)24-17)18-9-7-8-12-25(18)20(27)21(4,5)6/h10-11,13-14,18H,7-9,12H2,1-6H3. The maximum Gasteiger partial charge on any atom is 0.228 e. The highest BCUT2D eigenvalue weighted by Gasteiger charge is 2.35. The molecule has 27 heavy (non-hydrogen) atoms. The number of nitrogens with zero attached hydrogens (tertiary/aromatic N) is 5. The molecule has 0 radical (unpaired) electrons. The quantitative estimate of drug-likeness (QED) is 0.808. The minimum absolute atomic E-state index is 0.0151. The molecule has 0 aromatic carbocycles. The Bertz CT molecular complexity index is 818. The number of rotatable bonds is 3. The summed E-state index contributed by atoms with van der Waals surface area (Å²) in [6, 6.07) is 4.30. The van der Waals surface area contributed by atoms with Crippen LogP contribution in [0.3, 0.4) is 0 Å².